The van der Waals surface area contributed by atoms with E-state index in [2.05, 4.69) is 14.7 Å². The SMILES string of the molecule is O=S(=O)(NCC(O)c1ccco1)c1cnc[nH]1. The van der Waals surface area contributed by atoms with Crippen molar-refractivity contribution >= 4 is 10.0 Å². The molecule has 8 heteroatoms. The van der Waals surface area contributed by atoms with Crippen LogP contribution >= 0.6 is 0 Å². The number of hydrogen-bond acceptors (Lipinski definition) is 5. The van der Waals surface area contributed by atoms with Gasteiger partial charge in [0.1, 0.15) is 11.9 Å². The number of aromatic nitrogens is 2. The molecule has 2 aromatic rings. The lowest BCUT2D eigenvalue weighted by Crippen LogP contribution is -2.28. The van der Waals surface area contributed by atoms with Gasteiger partial charge in [-0.15, -0.1) is 0 Å². The second-order valence-electron chi connectivity index (χ2n) is 3.30. The summed E-state index contributed by atoms with van der Waals surface area (Å²) in [5.41, 5.74) is 0. The highest BCUT2D eigenvalue weighted by Gasteiger charge is 2.18. The molecule has 2 aromatic heterocycles. The van der Waals surface area contributed by atoms with Gasteiger partial charge < -0.3 is 14.5 Å². The quantitative estimate of drug-likeness (QED) is 0.699. The molecule has 0 fully saturated rings. The zero-order valence-corrected chi connectivity index (χ0v) is 9.52. The Morgan fingerprint density at radius 1 is 1.59 bits per heavy atom. The van der Waals surface area contributed by atoms with E-state index in [4.69, 9.17) is 4.42 Å². The summed E-state index contributed by atoms with van der Waals surface area (Å²) in [7, 11) is -3.67. The minimum Gasteiger partial charge on any atom is -0.467 e. The number of aliphatic hydroxyl groups excluding tert-OH is 1. The van der Waals surface area contributed by atoms with E-state index in [1.54, 1.807) is 12.1 Å². The van der Waals surface area contributed by atoms with Crippen LogP contribution in [0.15, 0.2) is 40.4 Å². The Labute approximate surface area is 97.5 Å². The normalized spacial score (nSPS) is 13.7. The molecule has 0 amide bonds. The van der Waals surface area contributed by atoms with Crippen LogP contribution in [0.1, 0.15) is 11.9 Å². The van der Waals surface area contributed by atoms with Crippen molar-refractivity contribution in [2.75, 3.05) is 6.54 Å². The van der Waals surface area contributed by atoms with Gasteiger partial charge in [0.15, 0.2) is 5.03 Å². The topological polar surface area (TPSA) is 108 Å². The molecule has 1 atom stereocenters. The molecule has 7 nitrogen and oxygen atoms in total. The van der Waals surface area contributed by atoms with Crippen molar-refractivity contribution in [2.24, 2.45) is 0 Å². The van der Waals surface area contributed by atoms with Crippen molar-refractivity contribution in [3.63, 3.8) is 0 Å². The Morgan fingerprint density at radius 3 is 3.00 bits per heavy atom. The van der Waals surface area contributed by atoms with Crippen molar-refractivity contribution in [3.05, 3.63) is 36.7 Å². The molecular weight excluding hydrogens is 246 g/mol. The highest BCUT2D eigenvalue weighted by Crippen LogP contribution is 2.12. The van der Waals surface area contributed by atoms with Crippen molar-refractivity contribution in [2.45, 2.75) is 11.1 Å². The van der Waals surface area contributed by atoms with Crippen LogP contribution in [0.4, 0.5) is 0 Å². The van der Waals surface area contributed by atoms with Crippen molar-refractivity contribution in [1.29, 1.82) is 0 Å². The first-order valence-electron chi connectivity index (χ1n) is 4.79. The molecule has 17 heavy (non-hydrogen) atoms. The maximum absolute atomic E-state index is 11.6. The van der Waals surface area contributed by atoms with Crippen LogP contribution in [0.2, 0.25) is 0 Å². The fourth-order valence-corrected chi connectivity index (χ4v) is 2.18. The molecule has 2 rings (SSSR count). The lowest BCUT2D eigenvalue weighted by Gasteiger charge is -2.08. The fourth-order valence-electron chi connectivity index (χ4n) is 1.24. The molecule has 1 unspecified atom stereocenters. The fraction of sp³-hybridized carbons (Fsp3) is 0.222. The van der Waals surface area contributed by atoms with Gasteiger partial charge in [0, 0.05) is 6.54 Å². The third-order valence-electron chi connectivity index (χ3n) is 2.10. The summed E-state index contributed by atoms with van der Waals surface area (Å²) in [4.78, 5) is 6.08. The first kappa shape index (κ1) is 11.8. The van der Waals surface area contributed by atoms with Gasteiger partial charge in [-0.1, -0.05) is 0 Å². The van der Waals surface area contributed by atoms with Gasteiger partial charge in [0.2, 0.25) is 0 Å². The summed E-state index contributed by atoms with van der Waals surface area (Å²) >= 11 is 0. The Kier molecular flexibility index (Phi) is 3.27. The number of imidazole rings is 1. The maximum atomic E-state index is 11.6. The number of aliphatic hydroxyl groups is 1. The molecule has 0 radical (unpaired) electrons. The van der Waals surface area contributed by atoms with Gasteiger partial charge in [-0.2, -0.15) is 0 Å². The monoisotopic (exact) mass is 257 g/mol. The minimum absolute atomic E-state index is 0.0517. The number of sulfonamides is 1. The van der Waals surface area contributed by atoms with Crippen molar-refractivity contribution < 1.29 is 17.9 Å². The van der Waals surface area contributed by atoms with Crippen LogP contribution in [0, 0.1) is 0 Å². The van der Waals surface area contributed by atoms with E-state index in [0.717, 1.165) is 0 Å². The van der Waals surface area contributed by atoms with Crippen LogP contribution in [0.25, 0.3) is 0 Å². The van der Waals surface area contributed by atoms with Crippen LogP contribution in [-0.2, 0) is 10.0 Å². The summed E-state index contributed by atoms with van der Waals surface area (Å²) in [6, 6.07) is 3.18. The van der Waals surface area contributed by atoms with Crippen molar-refractivity contribution in [1.82, 2.24) is 14.7 Å². The third-order valence-corrected chi connectivity index (χ3v) is 3.45. The predicted molar refractivity (Wildman–Crippen MR) is 57.4 cm³/mol. The maximum Gasteiger partial charge on any atom is 0.257 e. The number of furan rings is 1. The highest BCUT2D eigenvalue weighted by atomic mass is 32.2. The molecule has 2 heterocycles. The van der Waals surface area contributed by atoms with E-state index < -0.39 is 16.1 Å². The van der Waals surface area contributed by atoms with Crippen LogP contribution < -0.4 is 4.72 Å². The minimum atomic E-state index is -3.67. The molecule has 0 aliphatic heterocycles. The van der Waals surface area contributed by atoms with Gasteiger partial charge in [-0.25, -0.2) is 18.1 Å². The van der Waals surface area contributed by atoms with Gasteiger partial charge >= 0.3 is 0 Å². The predicted octanol–water partition coefficient (Wildman–Crippen LogP) is 0.0146. The van der Waals surface area contributed by atoms with Crippen LogP contribution in [0.3, 0.4) is 0 Å². The van der Waals surface area contributed by atoms with Gasteiger partial charge in [0.25, 0.3) is 10.0 Å². The van der Waals surface area contributed by atoms with E-state index in [1.807, 2.05) is 0 Å². The first-order valence-corrected chi connectivity index (χ1v) is 6.27. The second kappa shape index (κ2) is 4.70. The number of H-pyrrole nitrogens is 1. The molecule has 0 saturated heterocycles. The van der Waals surface area contributed by atoms with E-state index in [9.17, 15) is 13.5 Å². The first-order chi connectivity index (χ1) is 8.09. The Hall–Kier alpha value is -1.64. The summed E-state index contributed by atoms with van der Waals surface area (Å²) in [6.45, 7) is -0.172. The average molecular weight is 257 g/mol. The molecule has 0 bridgehead atoms. The Bertz CT molecular complexity index is 547. The van der Waals surface area contributed by atoms with E-state index in [1.165, 1.54) is 18.8 Å². The molecule has 0 aliphatic rings. The number of nitrogens with zero attached hydrogens (tertiary/aromatic N) is 1. The van der Waals surface area contributed by atoms with Gasteiger partial charge in [0.05, 0.1) is 18.8 Å². The Morgan fingerprint density at radius 2 is 2.41 bits per heavy atom. The molecule has 3 N–H and O–H groups in total. The summed E-state index contributed by atoms with van der Waals surface area (Å²) in [6.07, 6.45) is 2.82. The smallest absolute Gasteiger partial charge is 0.257 e. The standard InChI is InChI=1S/C9H11N3O4S/c13-7(8-2-1-3-16-8)4-12-17(14,15)9-5-10-6-11-9/h1-3,5-7,12-13H,4H2,(H,10,11). The lowest BCUT2D eigenvalue weighted by atomic mass is 10.3. The van der Waals surface area contributed by atoms with Crippen LogP contribution in [-0.4, -0.2) is 30.0 Å². The van der Waals surface area contributed by atoms with E-state index >= 15 is 0 Å². The molecule has 0 aromatic carbocycles. The average Bonchev–Trinajstić information content (AvgIpc) is 2.97. The zero-order valence-electron chi connectivity index (χ0n) is 8.70. The van der Waals surface area contributed by atoms with Gasteiger partial charge in [-0.05, 0) is 12.1 Å². The van der Waals surface area contributed by atoms with Crippen molar-refractivity contribution in [3.8, 4) is 0 Å². The van der Waals surface area contributed by atoms with E-state index in [0.29, 0.717) is 5.76 Å². The number of aromatic amines is 1. The van der Waals surface area contributed by atoms with E-state index in [-0.39, 0.29) is 11.6 Å². The van der Waals surface area contributed by atoms with Crippen LogP contribution in [0.5, 0.6) is 0 Å². The number of hydrogen-bond donors (Lipinski definition) is 3. The lowest BCUT2D eigenvalue weighted by molar-refractivity contribution is 0.154. The summed E-state index contributed by atoms with van der Waals surface area (Å²) in [5, 5.41) is 9.57. The molecule has 0 saturated carbocycles. The number of nitrogens with one attached hydrogen (secondary N) is 2. The molecule has 0 spiro atoms. The summed E-state index contributed by atoms with van der Waals surface area (Å²) in [5.74, 6) is 0.303. The summed E-state index contributed by atoms with van der Waals surface area (Å²) < 4.78 is 30.5. The number of rotatable bonds is 5. The molecule has 0 aliphatic carbocycles. The Balaban J connectivity index is 1.99. The third kappa shape index (κ3) is 2.73. The zero-order chi connectivity index (χ0) is 12.3. The largest absolute Gasteiger partial charge is 0.467 e. The second-order valence-corrected chi connectivity index (χ2v) is 5.03. The molecule has 92 valence electrons. The highest BCUT2D eigenvalue weighted by molar-refractivity contribution is 7.89. The van der Waals surface area contributed by atoms with Gasteiger partial charge in [-0.3, -0.25) is 0 Å². The molecular formula is C9H11N3O4S.